The van der Waals surface area contributed by atoms with Crippen LogP contribution in [0.2, 0.25) is 0 Å². The zero-order chi connectivity index (χ0) is 10.8. The Balaban J connectivity index is 2.59. The normalized spacial score (nSPS) is 19.6. The summed E-state index contributed by atoms with van der Waals surface area (Å²) in [5.74, 6) is -0.975. The van der Waals surface area contributed by atoms with E-state index in [1.165, 1.54) is 6.92 Å². The average Bonchev–Trinajstić information content (AvgIpc) is 2.85. The highest BCUT2D eigenvalue weighted by Gasteiger charge is 2.48. The molecule has 1 atom stereocenters. The Morgan fingerprint density at radius 2 is 2.14 bits per heavy atom. The number of aliphatic carboxylic acids is 1. The van der Waals surface area contributed by atoms with Crippen molar-refractivity contribution in [1.29, 1.82) is 0 Å². The van der Waals surface area contributed by atoms with E-state index in [4.69, 9.17) is 5.11 Å². The van der Waals surface area contributed by atoms with E-state index >= 15 is 0 Å². The van der Waals surface area contributed by atoms with Gasteiger partial charge in [0.1, 0.15) is 5.54 Å². The van der Waals surface area contributed by atoms with Crippen LogP contribution in [0.1, 0.15) is 26.7 Å². The molecule has 1 amide bonds. The van der Waals surface area contributed by atoms with E-state index in [0.29, 0.717) is 0 Å². The minimum absolute atomic E-state index is 0.0319. The van der Waals surface area contributed by atoms with Gasteiger partial charge in [0.25, 0.3) is 0 Å². The van der Waals surface area contributed by atoms with E-state index in [0.717, 1.165) is 12.8 Å². The Morgan fingerprint density at radius 3 is 2.50 bits per heavy atom. The fourth-order valence-corrected chi connectivity index (χ4v) is 1.37. The number of amides is 1. The van der Waals surface area contributed by atoms with Crippen LogP contribution < -0.4 is 5.32 Å². The van der Waals surface area contributed by atoms with Crippen LogP contribution in [0.4, 0.5) is 4.79 Å². The Morgan fingerprint density at radius 1 is 1.57 bits per heavy atom. The fraction of sp³-hybridized carbons (Fsp3) is 0.778. The molecule has 5 nitrogen and oxygen atoms in total. The molecule has 0 radical (unpaired) electrons. The van der Waals surface area contributed by atoms with E-state index in [1.807, 2.05) is 0 Å². The van der Waals surface area contributed by atoms with Crippen molar-refractivity contribution < 1.29 is 19.4 Å². The minimum Gasteiger partial charge on any atom is -0.480 e. The highest BCUT2D eigenvalue weighted by Crippen LogP contribution is 2.39. The summed E-state index contributed by atoms with van der Waals surface area (Å²) in [6.45, 7) is 3.44. The van der Waals surface area contributed by atoms with Crippen molar-refractivity contribution in [2.45, 2.75) is 32.2 Å². The first-order chi connectivity index (χ1) is 6.50. The van der Waals surface area contributed by atoms with Gasteiger partial charge in [-0.2, -0.15) is 0 Å². The zero-order valence-electron chi connectivity index (χ0n) is 8.37. The molecule has 0 aromatic heterocycles. The van der Waals surface area contributed by atoms with Crippen molar-refractivity contribution in [3.8, 4) is 0 Å². The molecular weight excluding hydrogens is 186 g/mol. The van der Waals surface area contributed by atoms with Crippen molar-refractivity contribution >= 4 is 12.1 Å². The van der Waals surface area contributed by atoms with Crippen LogP contribution >= 0.6 is 0 Å². The number of carboxylic acid groups (broad SMARTS) is 1. The van der Waals surface area contributed by atoms with E-state index in [-0.39, 0.29) is 12.5 Å². The molecule has 5 heteroatoms. The van der Waals surface area contributed by atoms with Crippen molar-refractivity contribution in [2.75, 3.05) is 6.61 Å². The second-order valence-corrected chi connectivity index (χ2v) is 3.63. The number of carbonyl (C=O) groups excluding carboxylic acids is 1. The van der Waals surface area contributed by atoms with Gasteiger partial charge in [-0.25, -0.2) is 9.59 Å². The Bertz CT molecular complexity index is 249. The Hall–Kier alpha value is -1.26. The maximum absolute atomic E-state index is 11.1. The Labute approximate surface area is 82.4 Å². The maximum atomic E-state index is 11.1. The average molecular weight is 201 g/mol. The molecule has 0 aliphatic heterocycles. The number of rotatable bonds is 4. The maximum Gasteiger partial charge on any atom is 0.408 e. The van der Waals surface area contributed by atoms with Crippen LogP contribution in [0.3, 0.4) is 0 Å². The van der Waals surface area contributed by atoms with Crippen LogP contribution in [-0.2, 0) is 9.53 Å². The van der Waals surface area contributed by atoms with Gasteiger partial charge in [-0.15, -0.1) is 0 Å². The van der Waals surface area contributed by atoms with Gasteiger partial charge in [0, 0.05) is 0 Å². The SMILES string of the molecule is CCOC(=O)NC(C)(C(=O)O)C1CC1. The summed E-state index contributed by atoms with van der Waals surface area (Å²) in [4.78, 5) is 22.1. The molecule has 0 saturated heterocycles. The predicted molar refractivity (Wildman–Crippen MR) is 48.9 cm³/mol. The van der Waals surface area contributed by atoms with Gasteiger partial charge in [-0.3, -0.25) is 0 Å². The molecule has 1 aliphatic carbocycles. The van der Waals surface area contributed by atoms with Crippen molar-refractivity contribution in [3.05, 3.63) is 0 Å². The molecule has 1 fully saturated rings. The fourth-order valence-electron chi connectivity index (χ4n) is 1.37. The third-order valence-corrected chi connectivity index (χ3v) is 2.48. The van der Waals surface area contributed by atoms with Crippen molar-refractivity contribution in [2.24, 2.45) is 5.92 Å². The van der Waals surface area contributed by atoms with Crippen LogP contribution in [0.15, 0.2) is 0 Å². The van der Waals surface area contributed by atoms with E-state index in [9.17, 15) is 9.59 Å². The van der Waals surface area contributed by atoms with Gasteiger partial charge in [0.15, 0.2) is 0 Å². The molecule has 0 heterocycles. The Kier molecular flexibility index (Phi) is 2.98. The zero-order valence-corrected chi connectivity index (χ0v) is 8.37. The molecule has 1 saturated carbocycles. The summed E-state index contributed by atoms with van der Waals surface area (Å²) in [6, 6.07) is 0. The molecule has 0 aromatic rings. The molecule has 80 valence electrons. The van der Waals surface area contributed by atoms with E-state index in [2.05, 4.69) is 10.1 Å². The van der Waals surface area contributed by atoms with Gasteiger partial charge < -0.3 is 15.2 Å². The standard InChI is InChI=1S/C9H15NO4/c1-3-14-8(13)10-9(2,7(11)12)6-4-5-6/h6H,3-5H2,1-2H3,(H,10,13)(H,11,12). The lowest BCUT2D eigenvalue weighted by molar-refractivity contribution is -0.144. The lowest BCUT2D eigenvalue weighted by Crippen LogP contribution is -2.54. The molecular formula is C9H15NO4. The molecule has 0 bridgehead atoms. The topological polar surface area (TPSA) is 75.6 Å². The van der Waals surface area contributed by atoms with Crippen molar-refractivity contribution in [3.63, 3.8) is 0 Å². The lowest BCUT2D eigenvalue weighted by atomic mass is 9.96. The van der Waals surface area contributed by atoms with Gasteiger partial charge in [-0.05, 0) is 32.6 Å². The van der Waals surface area contributed by atoms with Crippen LogP contribution in [0.5, 0.6) is 0 Å². The number of alkyl carbamates (subject to hydrolysis) is 1. The summed E-state index contributed by atoms with van der Waals surface area (Å²) in [5.41, 5.74) is -1.17. The second kappa shape index (κ2) is 3.86. The quantitative estimate of drug-likeness (QED) is 0.711. The van der Waals surface area contributed by atoms with E-state index in [1.54, 1.807) is 6.92 Å². The van der Waals surface area contributed by atoms with Crippen LogP contribution in [-0.4, -0.2) is 29.3 Å². The largest absolute Gasteiger partial charge is 0.480 e. The summed E-state index contributed by atoms with van der Waals surface area (Å²) >= 11 is 0. The number of hydrogen-bond donors (Lipinski definition) is 2. The third-order valence-electron chi connectivity index (χ3n) is 2.48. The van der Waals surface area contributed by atoms with Crippen LogP contribution in [0, 0.1) is 5.92 Å². The molecule has 2 N–H and O–H groups in total. The third kappa shape index (κ3) is 2.16. The van der Waals surface area contributed by atoms with Crippen molar-refractivity contribution in [1.82, 2.24) is 5.32 Å². The summed E-state index contributed by atoms with van der Waals surface area (Å²) in [7, 11) is 0. The van der Waals surface area contributed by atoms with E-state index < -0.39 is 17.6 Å². The molecule has 1 unspecified atom stereocenters. The first-order valence-electron chi connectivity index (χ1n) is 4.69. The number of carbonyl (C=O) groups is 2. The molecule has 14 heavy (non-hydrogen) atoms. The van der Waals surface area contributed by atoms with Gasteiger partial charge >= 0.3 is 12.1 Å². The van der Waals surface area contributed by atoms with Gasteiger partial charge in [0.2, 0.25) is 0 Å². The molecule has 0 aromatic carbocycles. The molecule has 0 spiro atoms. The lowest BCUT2D eigenvalue weighted by Gasteiger charge is -2.25. The number of nitrogens with one attached hydrogen (secondary N) is 1. The number of hydrogen-bond acceptors (Lipinski definition) is 3. The van der Waals surface area contributed by atoms with Gasteiger partial charge in [-0.1, -0.05) is 0 Å². The summed E-state index contributed by atoms with van der Waals surface area (Å²) in [6.07, 6.45) is 1.02. The first kappa shape index (κ1) is 10.8. The monoisotopic (exact) mass is 201 g/mol. The predicted octanol–water partition coefficient (Wildman–Crippen LogP) is 0.986. The first-order valence-corrected chi connectivity index (χ1v) is 4.69. The molecule has 1 rings (SSSR count). The molecule has 1 aliphatic rings. The van der Waals surface area contributed by atoms with Crippen LogP contribution in [0.25, 0.3) is 0 Å². The number of ether oxygens (including phenoxy) is 1. The van der Waals surface area contributed by atoms with Gasteiger partial charge in [0.05, 0.1) is 6.61 Å². The highest BCUT2D eigenvalue weighted by atomic mass is 16.5. The summed E-state index contributed by atoms with van der Waals surface area (Å²) < 4.78 is 4.65. The smallest absolute Gasteiger partial charge is 0.408 e. The number of carboxylic acids is 1. The summed E-state index contributed by atoms with van der Waals surface area (Å²) in [5, 5.41) is 11.4. The second-order valence-electron chi connectivity index (χ2n) is 3.63. The minimum atomic E-state index is -1.17. The highest BCUT2D eigenvalue weighted by molar-refractivity contribution is 5.84.